The Morgan fingerprint density at radius 1 is 1.37 bits per heavy atom. The van der Waals surface area contributed by atoms with E-state index >= 15 is 0 Å². The van der Waals surface area contributed by atoms with Crippen LogP contribution in [0.3, 0.4) is 0 Å². The summed E-state index contributed by atoms with van der Waals surface area (Å²) in [6.45, 7) is 5.56. The van der Waals surface area contributed by atoms with Gasteiger partial charge >= 0.3 is 0 Å². The van der Waals surface area contributed by atoms with E-state index in [-0.39, 0.29) is 11.4 Å². The molecule has 4 rings (SSSR count). The Labute approximate surface area is 113 Å². The molecule has 3 heterocycles. The van der Waals surface area contributed by atoms with Gasteiger partial charge in [-0.3, -0.25) is 9.48 Å². The largest absolute Gasteiger partial charge is 0.332 e. The van der Waals surface area contributed by atoms with Crippen molar-refractivity contribution in [2.45, 2.75) is 51.2 Å². The summed E-state index contributed by atoms with van der Waals surface area (Å²) in [5.74, 6) is 0.204. The second kappa shape index (κ2) is 3.82. The van der Waals surface area contributed by atoms with Gasteiger partial charge < -0.3 is 10.2 Å². The van der Waals surface area contributed by atoms with Gasteiger partial charge in [0.25, 0.3) is 5.91 Å². The Hall–Kier alpha value is -1.36. The summed E-state index contributed by atoms with van der Waals surface area (Å²) in [6, 6.07) is 0. The molecule has 2 aliphatic heterocycles. The Bertz CT molecular complexity index is 544. The summed E-state index contributed by atoms with van der Waals surface area (Å²) in [4.78, 5) is 15.0. The second-order valence-corrected chi connectivity index (χ2v) is 5.95. The molecule has 1 fully saturated rings. The van der Waals surface area contributed by atoms with Crippen molar-refractivity contribution in [3.63, 3.8) is 0 Å². The molecule has 1 spiro atoms. The Balaban J connectivity index is 1.82. The van der Waals surface area contributed by atoms with Gasteiger partial charge in [-0.15, -0.1) is 0 Å². The number of nitrogens with zero attached hydrogens (tertiary/aromatic N) is 3. The highest BCUT2D eigenvalue weighted by atomic mass is 16.2. The maximum Gasteiger partial charge on any atom is 0.272 e. The second-order valence-electron chi connectivity index (χ2n) is 5.95. The lowest BCUT2D eigenvalue weighted by molar-refractivity contribution is 0.0662. The topological polar surface area (TPSA) is 50.2 Å². The van der Waals surface area contributed by atoms with Crippen LogP contribution in [0.4, 0.5) is 0 Å². The molecule has 0 radical (unpaired) electrons. The lowest BCUT2D eigenvalue weighted by Gasteiger charge is -2.29. The molecule has 5 heteroatoms. The Kier molecular flexibility index (Phi) is 2.31. The zero-order valence-electron chi connectivity index (χ0n) is 11.4. The average molecular weight is 260 g/mol. The first-order chi connectivity index (χ1) is 9.25. The van der Waals surface area contributed by atoms with Gasteiger partial charge in [0, 0.05) is 43.7 Å². The number of aromatic nitrogens is 2. The molecule has 1 amide bonds. The van der Waals surface area contributed by atoms with Gasteiger partial charge in [-0.25, -0.2) is 0 Å². The van der Waals surface area contributed by atoms with E-state index in [4.69, 9.17) is 5.10 Å². The molecule has 1 saturated carbocycles. The first kappa shape index (κ1) is 11.5. The summed E-state index contributed by atoms with van der Waals surface area (Å²) in [5.41, 5.74) is 3.28. The summed E-state index contributed by atoms with van der Waals surface area (Å²) in [5, 5.41) is 8.06. The van der Waals surface area contributed by atoms with E-state index in [1.165, 1.54) is 0 Å². The van der Waals surface area contributed by atoms with E-state index in [1.54, 1.807) is 0 Å². The van der Waals surface area contributed by atoms with Crippen molar-refractivity contribution < 1.29 is 4.79 Å². The highest BCUT2D eigenvalue weighted by Crippen LogP contribution is 2.47. The minimum atomic E-state index is 0.154. The number of carbonyl (C=O) groups is 1. The van der Waals surface area contributed by atoms with Gasteiger partial charge in [0.1, 0.15) is 5.69 Å². The normalized spacial score (nSPS) is 24.1. The van der Waals surface area contributed by atoms with Gasteiger partial charge in [-0.05, 0) is 26.2 Å². The molecule has 5 nitrogen and oxygen atoms in total. The standard InChI is InChI=1S/C14H20N4O/c1-2-17-13(19)12-10-9-15-7-3-11(10)16-18(12)8-6-14(17)4-5-14/h15H,2-9H2,1H3. The van der Waals surface area contributed by atoms with Crippen molar-refractivity contribution >= 4 is 5.91 Å². The van der Waals surface area contributed by atoms with E-state index in [9.17, 15) is 4.79 Å². The van der Waals surface area contributed by atoms with Gasteiger partial charge in [0.05, 0.1) is 5.69 Å². The van der Waals surface area contributed by atoms with Crippen molar-refractivity contribution in [2.24, 2.45) is 0 Å². The van der Waals surface area contributed by atoms with E-state index < -0.39 is 0 Å². The minimum Gasteiger partial charge on any atom is -0.332 e. The van der Waals surface area contributed by atoms with Crippen LogP contribution in [0, 0.1) is 0 Å². The average Bonchev–Trinajstić information content (AvgIpc) is 3.12. The molecule has 0 aromatic carbocycles. The third-order valence-corrected chi connectivity index (χ3v) is 4.93. The lowest BCUT2D eigenvalue weighted by atomic mass is 10.1. The monoisotopic (exact) mass is 260 g/mol. The molecule has 1 aromatic heterocycles. The quantitative estimate of drug-likeness (QED) is 0.817. The third kappa shape index (κ3) is 1.51. The molecule has 0 bridgehead atoms. The first-order valence-electron chi connectivity index (χ1n) is 7.36. The van der Waals surface area contributed by atoms with Gasteiger partial charge in [-0.1, -0.05) is 0 Å². The molecule has 0 saturated heterocycles. The van der Waals surface area contributed by atoms with E-state index in [0.29, 0.717) is 0 Å². The maximum absolute atomic E-state index is 12.9. The van der Waals surface area contributed by atoms with E-state index in [2.05, 4.69) is 17.1 Å². The van der Waals surface area contributed by atoms with Crippen LogP contribution in [0.25, 0.3) is 0 Å². The van der Waals surface area contributed by atoms with Crippen molar-refractivity contribution in [3.05, 3.63) is 17.0 Å². The number of carbonyl (C=O) groups excluding carboxylic acids is 1. The number of nitrogens with one attached hydrogen (secondary N) is 1. The summed E-state index contributed by atoms with van der Waals surface area (Å²) in [7, 11) is 0. The molecular weight excluding hydrogens is 240 g/mol. The number of hydrogen-bond acceptors (Lipinski definition) is 3. The molecule has 1 aliphatic carbocycles. The zero-order chi connectivity index (χ0) is 13.0. The van der Waals surface area contributed by atoms with Crippen LogP contribution in [0.5, 0.6) is 0 Å². The summed E-state index contributed by atoms with van der Waals surface area (Å²) < 4.78 is 1.98. The van der Waals surface area contributed by atoms with Gasteiger partial charge in [0.15, 0.2) is 0 Å². The fourth-order valence-electron chi connectivity index (χ4n) is 3.69. The molecule has 19 heavy (non-hydrogen) atoms. The fourth-order valence-corrected chi connectivity index (χ4v) is 3.69. The Morgan fingerprint density at radius 3 is 2.95 bits per heavy atom. The van der Waals surface area contributed by atoms with Crippen LogP contribution in [-0.4, -0.2) is 39.2 Å². The lowest BCUT2D eigenvalue weighted by Crippen LogP contribution is -2.41. The maximum atomic E-state index is 12.9. The van der Waals surface area contributed by atoms with Crippen LogP contribution < -0.4 is 5.32 Å². The number of amides is 1. The van der Waals surface area contributed by atoms with Crippen molar-refractivity contribution in [2.75, 3.05) is 13.1 Å². The fraction of sp³-hybridized carbons (Fsp3) is 0.714. The van der Waals surface area contributed by atoms with Crippen molar-refractivity contribution in [1.82, 2.24) is 20.0 Å². The Morgan fingerprint density at radius 2 is 2.21 bits per heavy atom. The molecule has 102 valence electrons. The van der Waals surface area contributed by atoms with Crippen molar-refractivity contribution in [1.29, 1.82) is 0 Å². The SMILES string of the molecule is CCN1C(=O)c2c3c(nn2CCC12CC2)CCNC3. The van der Waals surface area contributed by atoms with Crippen LogP contribution in [-0.2, 0) is 19.5 Å². The van der Waals surface area contributed by atoms with Crippen LogP contribution >= 0.6 is 0 Å². The van der Waals surface area contributed by atoms with Crippen LogP contribution in [0.2, 0.25) is 0 Å². The number of aryl methyl sites for hydroxylation is 1. The van der Waals surface area contributed by atoms with Crippen LogP contribution in [0.1, 0.15) is 47.9 Å². The molecule has 1 aromatic rings. The number of hydrogen-bond donors (Lipinski definition) is 1. The highest BCUT2D eigenvalue weighted by molar-refractivity contribution is 5.95. The summed E-state index contributed by atoms with van der Waals surface area (Å²) >= 11 is 0. The predicted octanol–water partition coefficient (Wildman–Crippen LogP) is 0.927. The van der Waals surface area contributed by atoms with Gasteiger partial charge in [0.2, 0.25) is 0 Å². The highest BCUT2D eigenvalue weighted by Gasteiger charge is 2.51. The van der Waals surface area contributed by atoms with Crippen molar-refractivity contribution in [3.8, 4) is 0 Å². The molecular formula is C14H20N4O. The molecule has 1 N–H and O–H groups in total. The molecule has 0 unspecified atom stereocenters. The third-order valence-electron chi connectivity index (χ3n) is 4.93. The van der Waals surface area contributed by atoms with Gasteiger partial charge in [-0.2, -0.15) is 5.10 Å². The smallest absolute Gasteiger partial charge is 0.272 e. The van der Waals surface area contributed by atoms with E-state index in [1.807, 2.05) is 4.68 Å². The van der Waals surface area contributed by atoms with E-state index in [0.717, 1.165) is 68.8 Å². The predicted molar refractivity (Wildman–Crippen MR) is 70.9 cm³/mol. The molecule has 3 aliphatic rings. The number of rotatable bonds is 1. The zero-order valence-corrected chi connectivity index (χ0v) is 11.4. The minimum absolute atomic E-state index is 0.154. The van der Waals surface area contributed by atoms with Crippen LogP contribution in [0.15, 0.2) is 0 Å². The number of fused-ring (bicyclic) bond motifs is 3. The summed E-state index contributed by atoms with van der Waals surface area (Å²) in [6.07, 6.45) is 4.34. The molecule has 0 atom stereocenters. The first-order valence-corrected chi connectivity index (χ1v) is 7.36.